The molecule has 2 amide bonds. The van der Waals surface area contributed by atoms with Crippen LogP contribution in [0.5, 0.6) is 0 Å². The number of hydrogen-bond acceptors (Lipinski definition) is 5. The average molecular weight is 431 g/mol. The van der Waals surface area contributed by atoms with E-state index in [-0.39, 0.29) is 23.8 Å². The van der Waals surface area contributed by atoms with Crippen molar-refractivity contribution in [3.8, 4) is 0 Å². The van der Waals surface area contributed by atoms with Crippen LogP contribution < -0.4 is 5.32 Å². The van der Waals surface area contributed by atoms with Gasteiger partial charge in [0.2, 0.25) is 5.91 Å². The molecule has 1 saturated heterocycles. The molecule has 0 saturated carbocycles. The lowest BCUT2D eigenvalue weighted by Gasteiger charge is -2.31. The fourth-order valence-corrected chi connectivity index (χ4v) is 4.35. The smallest absolute Gasteiger partial charge is 0.274 e. The number of fused-ring (bicyclic) bond motifs is 1. The third-order valence-corrected chi connectivity index (χ3v) is 6.20. The molecule has 2 aliphatic heterocycles. The molecule has 1 atom stereocenters. The predicted octanol–water partition coefficient (Wildman–Crippen LogP) is 3.04. The van der Waals surface area contributed by atoms with Crippen molar-refractivity contribution in [2.45, 2.75) is 32.1 Å². The van der Waals surface area contributed by atoms with E-state index in [2.05, 4.69) is 15.3 Å². The van der Waals surface area contributed by atoms with Crippen molar-refractivity contribution < 1.29 is 14.3 Å². The summed E-state index contributed by atoms with van der Waals surface area (Å²) in [6, 6.07) is 13.6. The number of amides is 2. The van der Waals surface area contributed by atoms with Gasteiger partial charge in [-0.25, -0.2) is 4.98 Å². The molecule has 8 heteroatoms. The maximum atomic E-state index is 13.1. The topological polar surface area (TPSA) is 89.4 Å². The van der Waals surface area contributed by atoms with Gasteiger partial charge in [0.05, 0.1) is 25.2 Å². The Balaban J connectivity index is 1.20. The molecule has 1 aromatic carbocycles. The zero-order chi connectivity index (χ0) is 21.9. The van der Waals surface area contributed by atoms with E-state index in [4.69, 9.17) is 4.74 Å². The number of likely N-dealkylation sites (tertiary alicyclic amines) is 1. The summed E-state index contributed by atoms with van der Waals surface area (Å²) in [4.78, 5) is 35.9. The number of ether oxygens (including phenoxy) is 1. The van der Waals surface area contributed by atoms with Crippen LogP contribution in [0.1, 0.15) is 40.7 Å². The fourth-order valence-electron chi connectivity index (χ4n) is 4.35. The van der Waals surface area contributed by atoms with Crippen LogP contribution in [0, 0.1) is 5.92 Å². The third-order valence-electron chi connectivity index (χ3n) is 6.20. The number of anilines is 1. The van der Waals surface area contributed by atoms with Gasteiger partial charge in [-0.1, -0.05) is 30.3 Å². The highest BCUT2D eigenvalue weighted by molar-refractivity contribution is 5.95. The summed E-state index contributed by atoms with van der Waals surface area (Å²) in [6.45, 7) is 2.06. The summed E-state index contributed by atoms with van der Waals surface area (Å²) in [7, 11) is 0. The van der Waals surface area contributed by atoms with Crippen LogP contribution in [0.15, 0.2) is 61.2 Å². The van der Waals surface area contributed by atoms with E-state index in [0.717, 1.165) is 16.9 Å². The maximum Gasteiger partial charge on any atom is 0.274 e. The second-order valence-corrected chi connectivity index (χ2v) is 8.19. The number of pyridine rings is 1. The van der Waals surface area contributed by atoms with Crippen LogP contribution in [-0.2, 0) is 22.7 Å². The van der Waals surface area contributed by atoms with Crippen LogP contribution in [0.4, 0.5) is 5.69 Å². The molecule has 2 aromatic heterocycles. The van der Waals surface area contributed by atoms with E-state index in [1.54, 1.807) is 35.8 Å². The first kappa shape index (κ1) is 20.4. The first-order valence-corrected chi connectivity index (χ1v) is 10.9. The van der Waals surface area contributed by atoms with E-state index >= 15 is 0 Å². The largest absolute Gasteiger partial charge is 0.365 e. The number of benzene rings is 1. The Morgan fingerprint density at radius 2 is 1.78 bits per heavy atom. The maximum absolute atomic E-state index is 13.1. The number of imidazole rings is 1. The average Bonchev–Trinajstić information content (AvgIpc) is 3.28. The lowest BCUT2D eigenvalue weighted by molar-refractivity contribution is -0.121. The number of piperidine rings is 1. The molecule has 8 nitrogen and oxygen atoms in total. The summed E-state index contributed by atoms with van der Waals surface area (Å²) in [6.07, 6.45) is 6.24. The van der Waals surface area contributed by atoms with Gasteiger partial charge in [0.25, 0.3) is 5.91 Å². The summed E-state index contributed by atoms with van der Waals surface area (Å²) >= 11 is 0. The lowest BCUT2D eigenvalue weighted by atomic mass is 9.95. The molecule has 0 spiro atoms. The Morgan fingerprint density at radius 3 is 2.53 bits per heavy atom. The number of hydrogen-bond donors (Lipinski definition) is 1. The zero-order valence-corrected chi connectivity index (χ0v) is 17.7. The van der Waals surface area contributed by atoms with Crippen molar-refractivity contribution >= 4 is 17.5 Å². The number of nitrogens with one attached hydrogen (secondary N) is 1. The van der Waals surface area contributed by atoms with Crippen molar-refractivity contribution in [2.75, 3.05) is 18.4 Å². The van der Waals surface area contributed by atoms with Crippen molar-refractivity contribution in [1.29, 1.82) is 0 Å². The quantitative estimate of drug-likeness (QED) is 0.686. The molecule has 3 aromatic rings. The second kappa shape index (κ2) is 8.92. The monoisotopic (exact) mass is 431 g/mol. The molecule has 1 fully saturated rings. The third kappa shape index (κ3) is 4.13. The minimum atomic E-state index is -0.113. The molecule has 0 aliphatic carbocycles. The van der Waals surface area contributed by atoms with Crippen LogP contribution in [0.25, 0.3) is 0 Å². The SMILES string of the molecule is O=C(Nc1ccncc1)C1CCN(C(=O)c2ncn3c2COC(c2ccccc2)C3)CC1. The molecule has 2 aliphatic rings. The van der Waals surface area contributed by atoms with Crippen LogP contribution >= 0.6 is 0 Å². The molecule has 4 heterocycles. The van der Waals surface area contributed by atoms with E-state index in [1.807, 2.05) is 34.9 Å². The van der Waals surface area contributed by atoms with Crippen molar-refractivity contribution in [3.63, 3.8) is 0 Å². The fraction of sp³-hybridized carbons (Fsp3) is 0.333. The first-order chi connectivity index (χ1) is 15.7. The number of nitrogens with zero attached hydrogens (tertiary/aromatic N) is 4. The molecular weight excluding hydrogens is 406 g/mol. The summed E-state index contributed by atoms with van der Waals surface area (Å²) in [5.41, 5.74) is 3.13. The van der Waals surface area contributed by atoms with Crippen LogP contribution in [-0.4, -0.2) is 44.3 Å². The Labute approximate surface area is 186 Å². The molecule has 32 heavy (non-hydrogen) atoms. The second-order valence-electron chi connectivity index (χ2n) is 8.19. The summed E-state index contributed by atoms with van der Waals surface area (Å²) in [5, 5.41) is 2.93. The van der Waals surface area contributed by atoms with Crippen molar-refractivity contribution in [3.05, 3.63) is 78.1 Å². The van der Waals surface area contributed by atoms with Gasteiger partial charge in [0, 0.05) is 37.1 Å². The Hall–Kier alpha value is -3.52. The molecule has 1 unspecified atom stereocenters. The van der Waals surface area contributed by atoms with Gasteiger partial charge in [-0.05, 0) is 30.5 Å². The Kier molecular flexibility index (Phi) is 5.68. The normalized spacial score (nSPS) is 18.8. The molecule has 0 bridgehead atoms. The van der Waals surface area contributed by atoms with Gasteiger partial charge in [0.1, 0.15) is 6.10 Å². The van der Waals surface area contributed by atoms with Crippen LogP contribution in [0.2, 0.25) is 0 Å². The number of carbonyl (C=O) groups excluding carboxylic acids is 2. The molecule has 5 rings (SSSR count). The van der Waals surface area contributed by atoms with Gasteiger partial charge in [-0.2, -0.15) is 0 Å². The van der Waals surface area contributed by atoms with Crippen molar-refractivity contribution in [1.82, 2.24) is 19.4 Å². The standard InChI is InChI=1S/C24H25N5O3/c30-23(27-19-6-10-25-11-7-19)18-8-12-28(13-9-18)24(31)22-20-15-32-21(14-29(20)16-26-22)17-4-2-1-3-5-17/h1-7,10-11,16,18,21H,8-9,12-15H2,(H,25,27,30). The highest BCUT2D eigenvalue weighted by Crippen LogP contribution is 2.29. The predicted molar refractivity (Wildman–Crippen MR) is 118 cm³/mol. The van der Waals surface area contributed by atoms with Gasteiger partial charge >= 0.3 is 0 Å². The number of rotatable bonds is 4. The van der Waals surface area contributed by atoms with Gasteiger partial charge in [-0.15, -0.1) is 0 Å². The van der Waals surface area contributed by atoms with E-state index < -0.39 is 0 Å². The van der Waals surface area contributed by atoms with Gasteiger partial charge in [0.15, 0.2) is 5.69 Å². The number of aromatic nitrogens is 3. The van der Waals surface area contributed by atoms with Gasteiger partial charge < -0.3 is 19.5 Å². The first-order valence-electron chi connectivity index (χ1n) is 10.9. The van der Waals surface area contributed by atoms with Crippen LogP contribution in [0.3, 0.4) is 0 Å². The molecular formula is C24H25N5O3. The Bertz CT molecular complexity index is 1090. The highest BCUT2D eigenvalue weighted by Gasteiger charge is 2.32. The zero-order valence-electron chi connectivity index (χ0n) is 17.7. The minimum absolute atomic E-state index is 0.0111. The Morgan fingerprint density at radius 1 is 1.03 bits per heavy atom. The van der Waals surface area contributed by atoms with Crippen molar-refractivity contribution in [2.24, 2.45) is 5.92 Å². The van der Waals surface area contributed by atoms with E-state index in [9.17, 15) is 9.59 Å². The highest BCUT2D eigenvalue weighted by atomic mass is 16.5. The molecule has 0 radical (unpaired) electrons. The van der Waals surface area contributed by atoms with E-state index in [0.29, 0.717) is 44.8 Å². The minimum Gasteiger partial charge on any atom is -0.365 e. The molecule has 1 N–H and O–H groups in total. The summed E-state index contributed by atoms with van der Waals surface area (Å²) in [5.74, 6) is -0.213. The lowest BCUT2D eigenvalue weighted by Crippen LogP contribution is -2.42. The van der Waals surface area contributed by atoms with E-state index in [1.165, 1.54) is 0 Å². The summed E-state index contributed by atoms with van der Waals surface area (Å²) < 4.78 is 8.06. The number of carbonyl (C=O) groups is 2. The van der Waals surface area contributed by atoms with Gasteiger partial charge in [-0.3, -0.25) is 14.6 Å². The molecule has 164 valence electrons.